The number of anilines is 1. The highest BCUT2D eigenvalue weighted by atomic mass is 16.6. The first-order valence-electron chi connectivity index (χ1n) is 11.5. The van der Waals surface area contributed by atoms with E-state index in [1.54, 1.807) is 6.92 Å². The molecule has 6 N–H and O–H groups in total. The lowest BCUT2D eigenvalue weighted by atomic mass is 9.83. The van der Waals surface area contributed by atoms with E-state index in [1.807, 2.05) is 6.92 Å². The molecule has 1 amide bonds. The molecule has 0 spiro atoms. The third-order valence-corrected chi connectivity index (χ3v) is 6.06. The van der Waals surface area contributed by atoms with Gasteiger partial charge in [0, 0.05) is 13.1 Å². The number of fused-ring (bicyclic) bond motifs is 1. The minimum absolute atomic E-state index is 0.268. The zero-order valence-electron chi connectivity index (χ0n) is 18.9. The standard InChI is InChI=1S/C22H31N7O4/c1-3-24-18-14-19(28-13(27-18)8-11-22(23)9-6-5-7-10-22)29(12-26-14)21-16(31)15(30)17(33-21)20(32)25-4-2/h12,15-17,21,30-31H,3-7,9-10,23H2,1-2H3,(H,25,32)(H,24,27,28)/t15-,16+,17-,21+/m0/s1. The Bertz CT molecular complexity index is 1070. The van der Waals surface area contributed by atoms with Gasteiger partial charge in [-0.3, -0.25) is 9.36 Å². The van der Waals surface area contributed by atoms with Gasteiger partial charge in [0.2, 0.25) is 5.82 Å². The SMILES string of the molecule is CCNC(=O)[C@H]1O[C@@H](n2cnc3c(NCC)nc(C#CC4(N)CCCCC4)nc32)[C@H](O)[C@@H]1O. The zero-order chi connectivity index (χ0) is 23.6. The second-order valence-corrected chi connectivity index (χ2v) is 8.54. The van der Waals surface area contributed by atoms with Crippen LogP contribution in [0.15, 0.2) is 6.33 Å². The predicted octanol–water partition coefficient (Wildman–Crippen LogP) is 0.0265. The normalized spacial score (nSPS) is 26.6. The van der Waals surface area contributed by atoms with Gasteiger partial charge in [-0.05, 0) is 32.6 Å². The minimum atomic E-state index is -1.39. The number of aliphatic hydroxyl groups excluding tert-OH is 2. The number of hydrogen-bond donors (Lipinski definition) is 5. The van der Waals surface area contributed by atoms with Crippen molar-refractivity contribution in [2.45, 2.75) is 76.0 Å². The average molecular weight is 458 g/mol. The molecule has 178 valence electrons. The molecule has 4 rings (SSSR count). The Morgan fingerprint density at radius 2 is 2.00 bits per heavy atom. The summed E-state index contributed by atoms with van der Waals surface area (Å²) >= 11 is 0. The first-order chi connectivity index (χ1) is 15.9. The van der Waals surface area contributed by atoms with Gasteiger partial charge in [-0.25, -0.2) is 15.0 Å². The maximum absolute atomic E-state index is 12.2. The van der Waals surface area contributed by atoms with Crippen LogP contribution in [0.1, 0.15) is 58.0 Å². The summed E-state index contributed by atoms with van der Waals surface area (Å²) in [5.41, 5.74) is 6.73. The Morgan fingerprint density at radius 3 is 2.70 bits per heavy atom. The van der Waals surface area contributed by atoms with E-state index in [0.717, 1.165) is 25.7 Å². The lowest BCUT2D eigenvalue weighted by molar-refractivity contribution is -0.137. The summed E-state index contributed by atoms with van der Waals surface area (Å²) < 4.78 is 7.23. The molecule has 2 aromatic heterocycles. The van der Waals surface area contributed by atoms with E-state index < -0.39 is 36.0 Å². The first kappa shape index (κ1) is 23.4. The van der Waals surface area contributed by atoms with Crippen LogP contribution in [0.4, 0.5) is 5.82 Å². The molecule has 0 unspecified atom stereocenters. The number of amides is 1. The van der Waals surface area contributed by atoms with Crippen LogP contribution in [-0.2, 0) is 9.53 Å². The fourth-order valence-corrected chi connectivity index (χ4v) is 4.32. The number of imidazole rings is 1. The monoisotopic (exact) mass is 457 g/mol. The van der Waals surface area contributed by atoms with Crippen molar-refractivity contribution >= 4 is 22.9 Å². The number of nitrogens with one attached hydrogen (secondary N) is 2. The molecule has 1 aliphatic carbocycles. The van der Waals surface area contributed by atoms with Crippen molar-refractivity contribution in [2.75, 3.05) is 18.4 Å². The summed E-state index contributed by atoms with van der Waals surface area (Å²) in [5, 5.41) is 26.8. The Balaban J connectivity index is 1.71. The number of ether oxygens (including phenoxy) is 1. The highest BCUT2D eigenvalue weighted by Crippen LogP contribution is 2.32. The van der Waals surface area contributed by atoms with E-state index in [0.29, 0.717) is 30.1 Å². The smallest absolute Gasteiger partial charge is 0.252 e. The van der Waals surface area contributed by atoms with Gasteiger partial charge in [-0.15, -0.1) is 0 Å². The molecule has 0 aromatic carbocycles. The molecule has 4 atom stereocenters. The topological polar surface area (TPSA) is 160 Å². The van der Waals surface area contributed by atoms with Crippen molar-refractivity contribution in [3.05, 3.63) is 12.2 Å². The van der Waals surface area contributed by atoms with Crippen molar-refractivity contribution in [3.8, 4) is 11.8 Å². The molecule has 11 nitrogen and oxygen atoms in total. The van der Waals surface area contributed by atoms with E-state index in [9.17, 15) is 15.0 Å². The molecule has 2 aromatic rings. The van der Waals surface area contributed by atoms with Crippen molar-refractivity contribution in [2.24, 2.45) is 5.73 Å². The van der Waals surface area contributed by atoms with Gasteiger partial charge in [-0.2, -0.15) is 0 Å². The minimum Gasteiger partial charge on any atom is -0.387 e. The van der Waals surface area contributed by atoms with Gasteiger partial charge in [0.15, 0.2) is 29.3 Å². The lowest BCUT2D eigenvalue weighted by Gasteiger charge is -2.27. The van der Waals surface area contributed by atoms with Gasteiger partial charge < -0.3 is 31.3 Å². The highest BCUT2D eigenvalue weighted by molar-refractivity contribution is 5.84. The molecule has 1 aliphatic heterocycles. The Kier molecular flexibility index (Phi) is 6.81. The Hall–Kier alpha value is -2.78. The third kappa shape index (κ3) is 4.65. The second kappa shape index (κ2) is 9.61. The zero-order valence-corrected chi connectivity index (χ0v) is 18.9. The van der Waals surface area contributed by atoms with E-state index in [-0.39, 0.29) is 5.82 Å². The molecular weight excluding hydrogens is 426 g/mol. The summed E-state index contributed by atoms with van der Waals surface area (Å²) in [5.74, 6) is 6.44. The van der Waals surface area contributed by atoms with Gasteiger partial charge >= 0.3 is 0 Å². The Labute approximate surface area is 192 Å². The summed E-state index contributed by atoms with van der Waals surface area (Å²) in [6.45, 7) is 4.68. The van der Waals surface area contributed by atoms with Gasteiger partial charge in [0.05, 0.1) is 11.9 Å². The number of nitrogens with two attached hydrogens (primary N) is 1. The number of carbonyl (C=O) groups excluding carboxylic acids is 1. The summed E-state index contributed by atoms with van der Waals surface area (Å²) in [6, 6.07) is 0. The third-order valence-electron chi connectivity index (χ3n) is 6.06. The number of hydrogen-bond acceptors (Lipinski definition) is 9. The molecule has 2 aliphatic rings. The van der Waals surface area contributed by atoms with Crippen LogP contribution >= 0.6 is 0 Å². The summed E-state index contributed by atoms with van der Waals surface area (Å²) in [6.07, 6.45) is 1.38. The molecule has 3 heterocycles. The first-order valence-corrected chi connectivity index (χ1v) is 11.5. The van der Waals surface area contributed by atoms with Gasteiger partial charge in [0.25, 0.3) is 5.91 Å². The largest absolute Gasteiger partial charge is 0.387 e. The number of aromatic nitrogens is 4. The van der Waals surface area contributed by atoms with Crippen LogP contribution in [0.3, 0.4) is 0 Å². The lowest BCUT2D eigenvalue weighted by Crippen LogP contribution is -2.42. The molecule has 11 heteroatoms. The molecule has 2 fully saturated rings. The molecule has 0 bridgehead atoms. The quantitative estimate of drug-likeness (QED) is 0.390. The van der Waals surface area contributed by atoms with E-state index in [1.165, 1.54) is 17.3 Å². The fraction of sp³-hybridized carbons (Fsp3) is 0.636. The van der Waals surface area contributed by atoms with Crippen LogP contribution in [0.25, 0.3) is 11.2 Å². The number of aliphatic hydroxyl groups is 2. The molecular formula is C22H31N7O4. The summed E-state index contributed by atoms with van der Waals surface area (Å²) in [4.78, 5) is 25.7. The highest BCUT2D eigenvalue weighted by Gasteiger charge is 2.47. The van der Waals surface area contributed by atoms with E-state index in [2.05, 4.69) is 37.4 Å². The molecule has 1 saturated heterocycles. The van der Waals surface area contributed by atoms with Crippen LogP contribution in [0.5, 0.6) is 0 Å². The molecule has 33 heavy (non-hydrogen) atoms. The van der Waals surface area contributed by atoms with Crippen molar-refractivity contribution in [1.82, 2.24) is 24.8 Å². The number of carbonyl (C=O) groups is 1. The average Bonchev–Trinajstić information content (AvgIpc) is 3.34. The second-order valence-electron chi connectivity index (χ2n) is 8.54. The number of nitrogens with zero attached hydrogens (tertiary/aromatic N) is 4. The van der Waals surface area contributed by atoms with E-state index in [4.69, 9.17) is 10.5 Å². The van der Waals surface area contributed by atoms with Crippen molar-refractivity contribution in [3.63, 3.8) is 0 Å². The van der Waals surface area contributed by atoms with Crippen LogP contribution in [0.2, 0.25) is 0 Å². The van der Waals surface area contributed by atoms with Crippen molar-refractivity contribution < 1.29 is 19.7 Å². The van der Waals surface area contributed by atoms with E-state index >= 15 is 0 Å². The summed E-state index contributed by atoms with van der Waals surface area (Å²) in [7, 11) is 0. The van der Waals surface area contributed by atoms with Crippen LogP contribution in [-0.4, -0.2) is 72.6 Å². The van der Waals surface area contributed by atoms with Gasteiger partial charge in [-0.1, -0.05) is 25.2 Å². The maximum atomic E-state index is 12.2. The maximum Gasteiger partial charge on any atom is 0.252 e. The van der Waals surface area contributed by atoms with Gasteiger partial charge in [0.1, 0.15) is 12.2 Å². The number of likely N-dealkylation sites (N-methyl/N-ethyl adjacent to an activating group) is 1. The Morgan fingerprint density at radius 1 is 1.24 bits per heavy atom. The fourth-order valence-electron chi connectivity index (χ4n) is 4.32. The number of rotatable bonds is 5. The van der Waals surface area contributed by atoms with Crippen LogP contribution < -0.4 is 16.4 Å². The van der Waals surface area contributed by atoms with Crippen molar-refractivity contribution in [1.29, 1.82) is 0 Å². The molecule has 1 saturated carbocycles. The van der Waals surface area contributed by atoms with Crippen LogP contribution in [0, 0.1) is 11.8 Å². The molecule has 0 radical (unpaired) electrons. The predicted molar refractivity (Wildman–Crippen MR) is 121 cm³/mol.